The molecule has 0 aliphatic carbocycles. The van der Waals surface area contributed by atoms with Crippen LogP contribution in [0.3, 0.4) is 0 Å². The van der Waals surface area contributed by atoms with Crippen LogP contribution >= 0.6 is 24.0 Å². The van der Waals surface area contributed by atoms with E-state index in [1.165, 1.54) is 31.5 Å². The highest BCUT2D eigenvalue weighted by molar-refractivity contribution is 14.0. The van der Waals surface area contributed by atoms with E-state index < -0.39 is 0 Å². The van der Waals surface area contributed by atoms with Gasteiger partial charge in [0, 0.05) is 19.6 Å². The smallest absolute Gasteiger partial charge is 0.188 e. The first kappa shape index (κ1) is 22.8. The molecule has 2 rings (SSSR count). The Balaban J connectivity index is 0.00000338. The summed E-state index contributed by atoms with van der Waals surface area (Å²) in [6, 6.07) is 5.95. The molecule has 148 valence electrons. The van der Waals surface area contributed by atoms with Crippen LogP contribution in [0.5, 0.6) is 11.5 Å². The van der Waals surface area contributed by atoms with Crippen LogP contribution in [0.2, 0.25) is 0 Å². The Morgan fingerprint density at radius 1 is 1.23 bits per heavy atom. The zero-order valence-corrected chi connectivity index (χ0v) is 18.5. The van der Waals surface area contributed by atoms with Gasteiger partial charge in [0.1, 0.15) is 0 Å². The monoisotopic (exact) mass is 476 g/mol. The molecule has 0 spiro atoms. The van der Waals surface area contributed by atoms with Crippen LogP contribution in [0.4, 0.5) is 0 Å². The number of halogens is 1. The molecule has 1 aromatic carbocycles. The lowest BCUT2D eigenvalue weighted by atomic mass is 10.1. The van der Waals surface area contributed by atoms with Crippen LogP contribution in [0.25, 0.3) is 0 Å². The minimum Gasteiger partial charge on any atom is -0.493 e. The van der Waals surface area contributed by atoms with Gasteiger partial charge in [-0.3, -0.25) is 4.99 Å². The molecule has 0 aromatic heterocycles. The maximum absolute atomic E-state index is 5.98. The number of nitrogens with zero attached hydrogens (tertiary/aromatic N) is 2. The number of rotatable bonds is 9. The third-order valence-electron chi connectivity index (χ3n) is 4.51. The van der Waals surface area contributed by atoms with Crippen molar-refractivity contribution >= 4 is 29.9 Å². The molecular formula is C19H33IN4O2. The fourth-order valence-electron chi connectivity index (χ4n) is 3.14. The Kier molecular flexibility index (Phi) is 10.7. The molecule has 6 nitrogen and oxygen atoms in total. The molecule has 1 unspecified atom stereocenters. The molecule has 7 heteroatoms. The number of hydrogen-bond donors (Lipinski definition) is 2. The highest BCUT2D eigenvalue weighted by Gasteiger charge is 2.14. The molecule has 3 N–H and O–H groups in total. The first-order chi connectivity index (χ1) is 12.1. The van der Waals surface area contributed by atoms with E-state index in [-0.39, 0.29) is 24.0 Å². The average molecular weight is 476 g/mol. The van der Waals surface area contributed by atoms with E-state index in [1.807, 2.05) is 18.2 Å². The number of likely N-dealkylation sites (tertiary alicyclic amines) is 1. The molecular weight excluding hydrogens is 443 g/mol. The second kappa shape index (κ2) is 12.2. The van der Waals surface area contributed by atoms with E-state index in [4.69, 9.17) is 15.2 Å². The van der Waals surface area contributed by atoms with Gasteiger partial charge in [0.25, 0.3) is 0 Å². The molecule has 1 aromatic rings. The van der Waals surface area contributed by atoms with Crippen LogP contribution in [0.1, 0.15) is 25.3 Å². The van der Waals surface area contributed by atoms with Crippen molar-refractivity contribution in [3.63, 3.8) is 0 Å². The summed E-state index contributed by atoms with van der Waals surface area (Å²) in [6.45, 7) is 7.32. The molecule has 0 radical (unpaired) electrons. The Labute approximate surface area is 174 Å². The molecule has 0 saturated carbocycles. The summed E-state index contributed by atoms with van der Waals surface area (Å²) in [5, 5.41) is 3.19. The van der Waals surface area contributed by atoms with Crippen LogP contribution in [-0.2, 0) is 6.42 Å². The quantitative estimate of drug-likeness (QED) is 0.326. The van der Waals surface area contributed by atoms with Crippen molar-refractivity contribution in [2.75, 3.05) is 46.9 Å². The lowest BCUT2D eigenvalue weighted by Crippen LogP contribution is -2.34. The van der Waals surface area contributed by atoms with E-state index in [9.17, 15) is 0 Å². The highest BCUT2D eigenvalue weighted by Crippen LogP contribution is 2.27. The van der Waals surface area contributed by atoms with Crippen molar-refractivity contribution in [3.05, 3.63) is 23.8 Å². The van der Waals surface area contributed by atoms with Crippen molar-refractivity contribution < 1.29 is 9.47 Å². The predicted molar refractivity (Wildman–Crippen MR) is 118 cm³/mol. The van der Waals surface area contributed by atoms with E-state index in [0.717, 1.165) is 37.6 Å². The van der Waals surface area contributed by atoms with E-state index in [0.29, 0.717) is 11.9 Å². The summed E-state index contributed by atoms with van der Waals surface area (Å²) < 4.78 is 10.6. The summed E-state index contributed by atoms with van der Waals surface area (Å²) in [7, 11) is 3.29. The number of methoxy groups -OCH3 is 2. The Morgan fingerprint density at radius 2 is 1.92 bits per heavy atom. The number of aliphatic imine (C=N–C) groups is 1. The van der Waals surface area contributed by atoms with Gasteiger partial charge in [0.05, 0.1) is 14.2 Å². The summed E-state index contributed by atoms with van der Waals surface area (Å²) in [4.78, 5) is 6.99. The third kappa shape index (κ3) is 7.57. The van der Waals surface area contributed by atoms with Crippen molar-refractivity contribution in [3.8, 4) is 11.5 Å². The van der Waals surface area contributed by atoms with Gasteiger partial charge >= 0.3 is 0 Å². The maximum Gasteiger partial charge on any atom is 0.188 e. The SMILES string of the molecule is COc1ccc(CCNC(N)=NCC(C)CN2CCCC2)cc1OC.I. The topological polar surface area (TPSA) is 72.1 Å². The normalized spacial score (nSPS) is 16.0. The van der Waals surface area contributed by atoms with Gasteiger partial charge in [-0.1, -0.05) is 13.0 Å². The molecule has 1 saturated heterocycles. The van der Waals surface area contributed by atoms with Crippen molar-refractivity contribution in [2.45, 2.75) is 26.2 Å². The first-order valence-corrected chi connectivity index (χ1v) is 9.09. The second-order valence-corrected chi connectivity index (χ2v) is 6.70. The lowest BCUT2D eigenvalue weighted by Gasteiger charge is -2.18. The summed E-state index contributed by atoms with van der Waals surface area (Å²) >= 11 is 0. The molecule has 0 bridgehead atoms. The number of nitrogens with two attached hydrogens (primary N) is 1. The van der Waals surface area contributed by atoms with Gasteiger partial charge < -0.3 is 25.4 Å². The minimum absolute atomic E-state index is 0. The fraction of sp³-hybridized carbons (Fsp3) is 0.632. The number of ether oxygens (including phenoxy) is 2. The van der Waals surface area contributed by atoms with Gasteiger partial charge in [-0.15, -0.1) is 24.0 Å². The number of hydrogen-bond acceptors (Lipinski definition) is 4. The Morgan fingerprint density at radius 3 is 2.58 bits per heavy atom. The van der Waals surface area contributed by atoms with Crippen molar-refractivity contribution in [1.29, 1.82) is 0 Å². The van der Waals surface area contributed by atoms with E-state index in [1.54, 1.807) is 14.2 Å². The van der Waals surface area contributed by atoms with Crippen LogP contribution < -0.4 is 20.5 Å². The highest BCUT2D eigenvalue weighted by atomic mass is 127. The maximum atomic E-state index is 5.98. The van der Waals surface area contributed by atoms with E-state index >= 15 is 0 Å². The van der Waals surface area contributed by atoms with Crippen molar-refractivity contribution in [1.82, 2.24) is 10.2 Å². The van der Waals surface area contributed by atoms with E-state index in [2.05, 4.69) is 22.1 Å². The predicted octanol–water partition coefficient (Wildman–Crippen LogP) is 2.50. The summed E-state index contributed by atoms with van der Waals surface area (Å²) in [6.07, 6.45) is 3.51. The molecule has 1 heterocycles. The average Bonchev–Trinajstić information content (AvgIpc) is 3.12. The van der Waals surface area contributed by atoms with Gasteiger partial charge in [-0.25, -0.2) is 0 Å². The zero-order valence-electron chi connectivity index (χ0n) is 16.2. The zero-order chi connectivity index (χ0) is 18.1. The van der Waals surface area contributed by atoms with Gasteiger partial charge in [0.15, 0.2) is 17.5 Å². The fourth-order valence-corrected chi connectivity index (χ4v) is 3.14. The number of nitrogens with one attached hydrogen (secondary N) is 1. The van der Waals surface area contributed by atoms with Gasteiger partial charge in [-0.05, 0) is 56.0 Å². The number of guanidine groups is 1. The minimum atomic E-state index is 0. The first-order valence-electron chi connectivity index (χ1n) is 9.09. The summed E-state index contributed by atoms with van der Waals surface area (Å²) in [5.74, 6) is 2.54. The Bertz CT molecular complexity index is 562. The molecule has 26 heavy (non-hydrogen) atoms. The second-order valence-electron chi connectivity index (χ2n) is 6.70. The molecule has 0 amide bonds. The van der Waals surface area contributed by atoms with Crippen LogP contribution in [0.15, 0.2) is 23.2 Å². The van der Waals surface area contributed by atoms with Crippen LogP contribution in [-0.4, -0.2) is 57.8 Å². The lowest BCUT2D eigenvalue weighted by molar-refractivity contribution is 0.291. The van der Waals surface area contributed by atoms with Crippen molar-refractivity contribution in [2.24, 2.45) is 16.6 Å². The standard InChI is InChI=1S/C19H32N4O2.HI/c1-15(14-23-10-4-5-11-23)13-22-19(20)21-9-8-16-6-7-17(24-2)18(12-16)25-3;/h6-7,12,15H,4-5,8-11,13-14H2,1-3H3,(H3,20,21,22);1H. The Hall–Kier alpha value is -1.22. The number of benzene rings is 1. The largest absolute Gasteiger partial charge is 0.493 e. The molecule has 1 aliphatic rings. The summed E-state index contributed by atoms with van der Waals surface area (Å²) in [5.41, 5.74) is 7.14. The van der Waals surface area contributed by atoms with Crippen LogP contribution in [0, 0.1) is 5.92 Å². The molecule has 1 atom stereocenters. The molecule has 1 aliphatic heterocycles. The molecule has 1 fully saturated rings. The third-order valence-corrected chi connectivity index (χ3v) is 4.51. The van der Waals surface area contributed by atoms with Gasteiger partial charge in [0.2, 0.25) is 0 Å². The van der Waals surface area contributed by atoms with Gasteiger partial charge in [-0.2, -0.15) is 0 Å².